The van der Waals surface area contributed by atoms with Crippen molar-refractivity contribution in [1.82, 2.24) is 9.47 Å². The minimum Gasteiger partial charge on any atom is -0.350 e. The van der Waals surface area contributed by atoms with Crippen LogP contribution in [0, 0.1) is 5.92 Å². The first kappa shape index (κ1) is 14.4. The van der Waals surface area contributed by atoms with Crippen LogP contribution in [0.15, 0.2) is 48.7 Å². The maximum atomic E-state index is 2.67. The summed E-state index contributed by atoms with van der Waals surface area (Å²) < 4.78 is 2.44. The molecule has 0 fully saturated rings. The largest absolute Gasteiger partial charge is 0.350 e. The lowest BCUT2D eigenvalue weighted by molar-refractivity contribution is 0.216. The maximum Gasteiger partial charge on any atom is 0.0756 e. The molecule has 2 heterocycles. The van der Waals surface area contributed by atoms with Gasteiger partial charge in [-0.25, -0.2) is 0 Å². The molecule has 2 aromatic rings. The molecule has 1 aromatic heterocycles. The van der Waals surface area contributed by atoms with Crippen molar-refractivity contribution >= 4 is 0 Å². The summed E-state index contributed by atoms with van der Waals surface area (Å²) in [5.41, 5.74) is 2.87. The van der Waals surface area contributed by atoms with E-state index in [1.54, 1.807) is 0 Å². The molecule has 0 bridgehead atoms. The molecule has 112 valence electrons. The monoisotopic (exact) mass is 282 g/mol. The summed E-state index contributed by atoms with van der Waals surface area (Å²) >= 11 is 0. The summed E-state index contributed by atoms with van der Waals surface area (Å²) in [6.45, 7) is 8.15. The van der Waals surface area contributed by atoms with Crippen molar-refractivity contribution in [3.63, 3.8) is 0 Å². The van der Waals surface area contributed by atoms with Crippen LogP contribution in [-0.2, 0) is 6.54 Å². The van der Waals surface area contributed by atoms with E-state index in [4.69, 9.17) is 0 Å². The van der Waals surface area contributed by atoms with Crippen LogP contribution in [0.1, 0.15) is 44.0 Å². The van der Waals surface area contributed by atoms with Crippen LogP contribution in [0.4, 0.5) is 0 Å². The fourth-order valence-electron chi connectivity index (χ4n) is 3.32. The summed E-state index contributed by atoms with van der Waals surface area (Å²) in [5, 5.41) is 0. The van der Waals surface area contributed by atoms with E-state index in [0.29, 0.717) is 6.04 Å². The van der Waals surface area contributed by atoms with E-state index in [1.165, 1.54) is 37.2 Å². The Labute approximate surface area is 128 Å². The third-order valence-corrected chi connectivity index (χ3v) is 4.46. The summed E-state index contributed by atoms with van der Waals surface area (Å²) in [7, 11) is 0. The second-order valence-electron chi connectivity index (χ2n) is 6.51. The zero-order chi connectivity index (χ0) is 14.7. The van der Waals surface area contributed by atoms with Crippen molar-refractivity contribution in [3.05, 3.63) is 59.9 Å². The molecule has 0 amide bonds. The first-order valence-electron chi connectivity index (χ1n) is 8.20. The van der Waals surface area contributed by atoms with Gasteiger partial charge in [0.15, 0.2) is 0 Å². The fraction of sp³-hybridized carbons (Fsp3) is 0.474. The van der Waals surface area contributed by atoms with Gasteiger partial charge < -0.3 is 4.57 Å². The average molecular weight is 282 g/mol. The van der Waals surface area contributed by atoms with Gasteiger partial charge in [0.05, 0.1) is 6.04 Å². The van der Waals surface area contributed by atoms with Crippen molar-refractivity contribution in [2.45, 2.75) is 39.3 Å². The second-order valence-corrected chi connectivity index (χ2v) is 6.51. The highest BCUT2D eigenvalue weighted by Crippen LogP contribution is 2.32. The van der Waals surface area contributed by atoms with Crippen molar-refractivity contribution in [1.29, 1.82) is 0 Å². The topological polar surface area (TPSA) is 8.17 Å². The van der Waals surface area contributed by atoms with Crippen molar-refractivity contribution in [2.75, 3.05) is 13.1 Å². The molecule has 0 aliphatic carbocycles. The van der Waals surface area contributed by atoms with Crippen molar-refractivity contribution in [2.24, 2.45) is 5.92 Å². The molecule has 21 heavy (non-hydrogen) atoms. The van der Waals surface area contributed by atoms with Crippen LogP contribution in [0.2, 0.25) is 0 Å². The molecule has 0 saturated heterocycles. The summed E-state index contributed by atoms with van der Waals surface area (Å²) in [4.78, 5) is 2.67. The molecular formula is C19H26N2. The van der Waals surface area contributed by atoms with Crippen molar-refractivity contribution < 1.29 is 0 Å². The van der Waals surface area contributed by atoms with Crippen LogP contribution in [0.5, 0.6) is 0 Å². The van der Waals surface area contributed by atoms with Gasteiger partial charge in [-0.15, -0.1) is 0 Å². The van der Waals surface area contributed by atoms with E-state index in [2.05, 4.69) is 72.0 Å². The van der Waals surface area contributed by atoms with Gasteiger partial charge in [-0.05, 0) is 43.0 Å². The maximum absolute atomic E-state index is 2.67. The molecule has 0 radical (unpaired) electrons. The minimum absolute atomic E-state index is 0.405. The number of aromatic nitrogens is 1. The number of rotatable bonds is 4. The molecule has 0 saturated carbocycles. The smallest absolute Gasteiger partial charge is 0.0756 e. The molecule has 3 rings (SSSR count). The zero-order valence-corrected chi connectivity index (χ0v) is 13.2. The Morgan fingerprint density at radius 2 is 1.86 bits per heavy atom. The Bertz CT molecular complexity index is 556. The second kappa shape index (κ2) is 6.48. The lowest BCUT2D eigenvalue weighted by Crippen LogP contribution is -2.31. The number of nitrogens with zero attached hydrogens (tertiary/aromatic N) is 2. The summed E-state index contributed by atoms with van der Waals surface area (Å²) in [6.07, 6.45) is 4.74. The quantitative estimate of drug-likeness (QED) is 0.810. The Kier molecular flexibility index (Phi) is 4.45. The molecule has 1 aliphatic rings. The SMILES string of the molecule is CC(C)CCN1CCCn2cccc2C1c1ccccc1. The standard InChI is InChI=1S/C19H26N2/c1-16(2)11-15-21-14-7-13-20-12-6-10-18(20)19(21)17-8-4-3-5-9-17/h3-6,8-10,12,16,19H,7,11,13-15H2,1-2H3. The lowest BCUT2D eigenvalue weighted by atomic mass is 10.0. The summed E-state index contributed by atoms with van der Waals surface area (Å²) in [5.74, 6) is 0.761. The Morgan fingerprint density at radius 3 is 2.62 bits per heavy atom. The van der Waals surface area contributed by atoms with E-state index in [1.807, 2.05) is 0 Å². The highest BCUT2D eigenvalue weighted by Gasteiger charge is 2.26. The normalized spacial score (nSPS) is 19.5. The van der Waals surface area contributed by atoms with Gasteiger partial charge >= 0.3 is 0 Å². The number of benzene rings is 1. The van der Waals surface area contributed by atoms with Crippen LogP contribution in [0.3, 0.4) is 0 Å². The van der Waals surface area contributed by atoms with Gasteiger partial charge in [-0.1, -0.05) is 44.2 Å². The van der Waals surface area contributed by atoms with E-state index >= 15 is 0 Å². The number of hydrogen-bond donors (Lipinski definition) is 0. The van der Waals surface area contributed by atoms with E-state index < -0.39 is 0 Å². The third-order valence-electron chi connectivity index (χ3n) is 4.46. The first-order chi connectivity index (χ1) is 10.3. The number of aryl methyl sites for hydroxylation is 1. The average Bonchev–Trinajstić information content (AvgIpc) is 2.87. The summed E-state index contributed by atoms with van der Waals surface area (Å²) in [6, 6.07) is 15.9. The fourth-order valence-corrected chi connectivity index (χ4v) is 3.32. The lowest BCUT2D eigenvalue weighted by Gasteiger charge is -2.31. The molecule has 2 heteroatoms. The van der Waals surface area contributed by atoms with Gasteiger partial charge in [0, 0.05) is 25.0 Å². The highest BCUT2D eigenvalue weighted by molar-refractivity contribution is 5.29. The molecule has 1 unspecified atom stereocenters. The predicted octanol–water partition coefficient (Wildman–Crippen LogP) is 4.33. The van der Waals surface area contributed by atoms with Crippen LogP contribution in [0.25, 0.3) is 0 Å². The zero-order valence-electron chi connectivity index (χ0n) is 13.2. The van der Waals surface area contributed by atoms with Gasteiger partial charge in [-0.2, -0.15) is 0 Å². The number of hydrogen-bond acceptors (Lipinski definition) is 1. The molecule has 2 nitrogen and oxygen atoms in total. The highest BCUT2D eigenvalue weighted by atomic mass is 15.2. The van der Waals surface area contributed by atoms with Crippen LogP contribution in [-0.4, -0.2) is 22.6 Å². The van der Waals surface area contributed by atoms with Crippen molar-refractivity contribution in [3.8, 4) is 0 Å². The van der Waals surface area contributed by atoms with Gasteiger partial charge in [0.25, 0.3) is 0 Å². The molecule has 0 N–H and O–H groups in total. The molecule has 1 aliphatic heterocycles. The molecular weight excluding hydrogens is 256 g/mol. The minimum atomic E-state index is 0.405. The van der Waals surface area contributed by atoms with Gasteiger partial charge in [0.1, 0.15) is 0 Å². The molecule has 1 atom stereocenters. The van der Waals surface area contributed by atoms with Crippen LogP contribution < -0.4 is 0 Å². The van der Waals surface area contributed by atoms with E-state index in [-0.39, 0.29) is 0 Å². The first-order valence-corrected chi connectivity index (χ1v) is 8.20. The van der Waals surface area contributed by atoms with Gasteiger partial charge in [0.2, 0.25) is 0 Å². The molecule has 1 aromatic carbocycles. The Morgan fingerprint density at radius 1 is 1.05 bits per heavy atom. The van der Waals surface area contributed by atoms with E-state index in [0.717, 1.165) is 12.5 Å². The van der Waals surface area contributed by atoms with Gasteiger partial charge in [-0.3, -0.25) is 4.90 Å². The molecule has 0 spiro atoms. The van der Waals surface area contributed by atoms with E-state index in [9.17, 15) is 0 Å². The van der Waals surface area contributed by atoms with Crippen LogP contribution >= 0.6 is 0 Å². The predicted molar refractivity (Wildman–Crippen MR) is 88.4 cm³/mol. The third kappa shape index (κ3) is 3.21. The number of fused-ring (bicyclic) bond motifs is 1. The Balaban J connectivity index is 1.94. The Hall–Kier alpha value is -1.54.